The molecule has 0 aliphatic heterocycles. The molecule has 1 N–H and O–H groups in total. The van der Waals surface area contributed by atoms with Crippen LogP contribution < -0.4 is 5.32 Å². The summed E-state index contributed by atoms with van der Waals surface area (Å²) in [4.78, 5) is 12.4. The molecule has 120 valence electrons. The van der Waals surface area contributed by atoms with Crippen molar-refractivity contribution in [3.05, 3.63) is 94.0 Å². The zero-order chi connectivity index (χ0) is 16.9. The zero-order valence-electron chi connectivity index (χ0n) is 12.8. The third kappa shape index (κ3) is 3.61. The Balaban J connectivity index is 1.81. The number of carbonyl (C=O) groups is 1. The average Bonchev–Trinajstić information content (AvgIpc) is 2.63. The second kappa shape index (κ2) is 7.52. The van der Waals surface area contributed by atoms with E-state index in [2.05, 4.69) is 17.4 Å². The number of benzene rings is 3. The highest BCUT2D eigenvalue weighted by Crippen LogP contribution is 2.26. The maximum atomic E-state index is 12.4. The first-order valence-corrected chi connectivity index (χ1v) is 8.28. The predicted molar refractivity (Wildman–Crippen MR) is 99.5 cm³/mol. The SMILES string of the molecule is O=C(NCc1ccccc1-c1ccccc1)c1cccc(Cl)c1Cl. The zero-order valence-corrected chi connectivity index (χ0v) is 14.3. The summed E-state index contributed by atoms with van der Waals surface area (Å²) in [5, 5.41) is 3.55. The van der Waals surface area contributed by atoms with Crippen LogP contribution >= 0.6 is 23.2 Å². The van der Waals surface area contributed by atoms with Gasteiger partial charge in [0.15, 0.2) is 0 Å². The smallest absolute Gasteiger partial charge is 0.253 e. The summed E-state index contributed by atoms with van der Waals surface area (Å²) in [5.74, 6) is -0.245. The van der Waals surface area contributed by atoms with Gasteiger partial charge in [0, 0.05) is 6.54 Å². The van der Waals surface area contributed by atoms with E-state index in [1.54, 1.807) is 18.2 Å². The van der Waals surface area contributed by atoms with Gasteiger partial charge in [0.05, 0.1) is 15.6 Å². The van der Waals surface area contributed by atoms with Crippen LogP contribution in [-0.2, 0) is 6.54 Å². The Morgan fingerprint density at radius 1 is 0.833 bits per heavy atom. The summed E-state index contributed by atoms with van der Waals surface area (Å²) in [6, 6.07) is 23.1. The third-order valence-corrected chi connectivity index (χ3v) is 4.56. The largest absolute Gasteiger partial charge is 0.348 e. The van der Waals surface area contributed by atoms with Gasteiger partial charge in [0.25, 0.3) is 5.91 Å². The van der Waals surface area contributed by atoms with Crippen molar-refractivity contribution in [2.45, 2.75) is 6.54 Å². The quantitative estimate of drug-likeness (QED) is 0.649. The van der Waals surface area contributed by atoms with E-state index >= 15 is 0 Å². The van der Waals surface area contributed by atoms with Crippen LogP contribution in [0, 0.1) is 0 Å². The van der Waals surface area contributed by atoms with Crippen molar-refractivity contribution >= 4 is 29.1 Å². The third-order valence-electron chi connectivity index (χ3n) is 3.74. The molecule has 3 aromatic carbocycles. The van der Waals surface area contributed by atoms with Crippen molar-refractivity contribution in [2.75, 3.05) is 0 Å². The van der Waals surface area contributed by atoms with Crippen LogP contribution in [0.3, 0.4) is 0 Å². The van der Waals surface area contributed by atoms with Crippen LogP contribution in [-0.4, -0.2) is 5.91 Å². The van der Waals surface area contributed by atoms with Crippen LogP contribution in [0.5, 0.6) is 0 Å². The number of rotatable bonds is 4. The molecule has 2 nitrogen and oxygen atoms in total. The van der Waals surface area contributed by atoms with E-state index in [1.165, 1.54) is 0 Å². The maximum absolute atomic E-state index is 12.4. The highest BCUT2D eigenvalue weighted by Gasteiger charge is 2.13. The van der Waals surface area contributed by atoms with Gasteiger partial charge >= 0.3 is 0 Å². The highest BCUT2D eigenvalue weighted by molar-refractivity contribution is 6.43. The van der Waals surface area contributed by atoms with Crippen LogP contribution in [0.25, 0.3) is 11.1 Å². The van der Waals surface area contributed by atoms with E-state index in [0.717, 1.165) is 16.7 Å². The highest BCUT2D eigenvalue weighted by atomic mass is 35.5. The minimum Gasteiger partial charge on any atom is -0.348 e. The van der Waals surface area contributed by atoms with Gasteiger partial charge in [-0.05, 0) is 28.8 Å². The van der Waals surface area contributed by atoms with E-state index < -0.39 is 0 Å². The second-order valence-corrected chi connectivity index (χ2v) is 6.09. The molecular formula is C20H15Cl2NO. The lowest BCUT2D eigenvalue weighted by Crippen LogP contribution is -2.23. The van der Waals surface area contributed by atoms with E-state index in [-0.39, 0.29) is 10.9 Å². The lowest BCUT2D eigenvalue weighted by Gasteiger charge is -2.12. The van der Waals surface area contributed by atoms with Crippen molar-refractivity contribution < 1.29 is 4.79 Å². The minimum atomic E-state index is -0.245. The van der Waals surface area contributed by atoms with Gasteiger partial charge < -0.3 is 5.32 Å². The lowest BCUT2D eigenvalue weighted by atomic mass is 10.00. The number of amides is 1. The van der Waals surface area contributed by atoms with Crippen molar-refractivity contribution in [1.82, 2.24) is 5.32 Å². The fourth-order valence-corrected chi connectivity index (χ4v) is 2.91. The fraction of sp³-hybridized carbons (Fsp3) is 0.0500. The molecule has 0 fully saturated rings. The Morgan fingerprint density at radius 3 is 2.33 bits per heavy atom. The molecule has 3 aromatic rings. The molecule has 0 aliphatic rings. The molecule has 3 rings (SSSR count). The normalized spacial score (nSPS) is 10.4. The Morgan fingerprint density at radius 2 is 1.54 bits per heavy atom. The van der Waals surface area contributed by atoms with E-state index in [9.17, 15) is 4.79 Å². The van der Waals surface area contributed by atoms with Gasteiger partial charge in [0.2, 0.25) is 0 Å². The number of halogens is 2. The summed E-state index contributed by atoms with van der Waals surface area (Å²) >= 11 is 12.1. The fourth-order valence-electron chi connectivity index (χ4n) is 2.52. The molecule has 24 heavy (non-hydrogen) atoms. The molecule has 0 bridgehead atoms. The molecule has 0 aromatic heterocycles. The van der Waals surface area contributed by atoms with E-state index in [1.807, 2.05) is 42.5 Å². The predicted octanol–water partition coefficient (Wildman–Crippen LogP) is 5.59. The summed E-state index contributed by atoms with van der Waals surface area (Å²) in [5.41, 5.74) is 3.62. The molecule has 0 atom stereocenters. The van der Waals surface area contributed by atoms with Crippen molar-refractivity contribution in [3.63, 3.8) is 0 Å². The van der Waals surface area contributed by atoms with Gasteiger partial charge in [-0.1, -0.05) is 83.9 Å². The van der Waals surface area contributed by atoms with Gasteiger partial charge in [-0.15, -0.1) is 0 Å². The second-order valence-electron chi connectivity index (χ2n) is 5.31. The number of hydrogen-bond donors (Lipinski definition) is 1. The first-order chi connectivity index (χ1) is 11.7. The van der Waals surface area contributed by atoms with Crippen LogP contribution in [0.1, 0.15) is 15.9 Å². The molecule has 0 heterocycles. The number of hydrogen-bond acceptors (Lipinski definition) is 1. The molecule has 0 radical (unpaired) electrons. The van der Waals surface area contributed by atoms with Crippen molar-refractivity contribution in [3.8, 4) is 11.1 Å². The summed E-state index contributed by atoms with van der Waals surface area (Å²) in [7, 11) is 0. The number of nitrogens with one attached hydrogen (secondary N) is 1. The monoisotopic (exact) mass is 355 g/mol. The van der Waals surface area contributed by atoms with Gasteiger partial charge in [-0.3, -0.25) is 4.79 Å². The Labute approximate surface area is 151 Å². The summed E-state index contributed by atoms with van der Waals surface area (Å²) in [6.45, 7) is 0.409. The molecule has 4 heteroatoms. The van der Waals surface area contributed by atoms with Crippen LogP contribution in [0.4, 0.5) is 0 Å². The Kier molecular flexibility index (Phi) is 5.19. The van der Waals surface area contributed by atoms with E-state index in [4.69, 9.17) is 23.2 Å². The molecular weight excluding hydrogens is 341 g/mol. The minimum absolute atomic E-state index is 0.245. The van der Waals surface area contributed by atoms with Gasteiger partial charge in [-0.2, -0.15) is 0 Å². The topological polar surface area (TPSA) is 29.1 Å². The molecule has 1 amide bonds. The molecule has 0 saturated carbocycles. The summed E-state index contributed by atoms with van der Waals surface area (Å²) in [6.07, 6.45) is 0. The Hall–Kier alpha value is -2.29. The lowest BCUT2D eigenvalue weighted by molar-refractivity contribution is 0.0951. The van der Waals surface area contributed by atoms with Crippen molar-refractivity contribution in [2.24, 2.45) is 0 Å². The molecule has 0 unspecified atom stereocenters. The van der Waals surface area contributed by atoms with Gasteiger partial charge in [-0.25, -0.2) is 0 Å². The van der Waals surface area contributed by atoms with Crippen LogP contribution in [0.2, 0.25) is 10.0 Å². The standard InChI is InChI=1S/C20H15Cl2NO/c21-18-12-6-11-17(19(18)22)20(24)23-13-15-9-4-5-10-16(15)14-7-2-1-3-8-14/h1-12H,13H2,(H,23,24). The van der Waals surface area contributed by atoms with Crippen molar-refractivity contribution in [1.29, 1.82) is 0 Å². The average molecular weight is 356 g/mol. The number of carbonyl (C=O) groups excluding carboxylic acids is 1. The van der Waals surface area contributed by atoms with E-state index in [0.29, 0.717) is 17.1 Å². The van der Waals surface area contributed by atoms with Gasteiger partial charge in [0.1, 0.15) is 0 Å². The molecule has 0 spiro atoms. The maximum Gasteiger partial charge on any atom is 0.253 e. The summed E-state index contributed by atoms with van der Waals surface area (Å²) < 4.78 is 0. The molecule has 0 aliphatic carbocycles. The van der Waals surface area contributed by atoms with Crippen LogP contribution in [0.15, 0.2) is 72.8 Å². The first-order valence-electron chi connectivity index (χ1n) is 7.52. The molecule has 0 saturated heterocycles. The first kappa shape index (κ1) is 16.6. The Bertz CT molecular complexity index is 863.